The van der Waals surface area contributed by atoms with Crippen LogP contribution in [-0.2, 0) is 10.0 Å². The summed E-state index contributed by atoms with van der Waals surface area (Å²) in [6.07, 6.45) is 2.80. The highest BCUT2D eigenvalue weighted by atomic mass is 32.2. The molecule has 1 aliphatic carbocycles. The summed E-state index contributed by atoms with van der Waals surface area (Å²) in [6.45, 7) is 4.79. The largest absolute Gasteiger partial charge is 0.398 e. The number of hydrogen-bond donors (Lipinski definition) is 1. The molecule has 2 rings (SSSR count). The Morgan fingerprint density at radius 1 is 1.32 bits per heavy atom. The molecule has 1 aliphatic rings. The van der Waals surface area contributed by atoms with Crippen LogP contribution in [0.1, 0.15) is 33.1 Å². The third-order valence-electron chi connectivity index (χ3n) is 3.39. The van der Waals surface area contributed by atoms with Gasteiger partial charge < -0.3 is 5.73 Å². The van der Waals surface area contributed by atoms with Crippen molar-refractivity contribution in [2.45, 2.75) is 44.0 Å². The van der Waals surface area contributed by atoms with Gasteiger partial charge in [-0.05, 0) is 37.3 Å². The molecule has 2 N–H and O–H groups in total. The Kier molecular flexibility index (Phi) is 4.16. The minimum Gasteiger partial charge on any atom is -0.398 e. The van der Waals surface area contributed by atoms with Gasteiger partial charge in [-0.2, -0.15) is 4.31 Å². The molecule has 4 nitrogen and oxygen atoms in total. The van der Waals surface area contributed by atoms with Crippen molar-refractivity contribution in [3.63, 3.8) is 0 Å². The first-order valence-corrected chi connectivity index (χ1v) is 8.23. The van der Waals surface area contributed by atoms with Crippen LogP contribution >= 0.6 is 0 Å². The van der Waals surface area contributed by atoms with E-state index in [0.29, 0.717) is 18.2 Å². The van der Waals surface area contributed by atoms with Gasteiger partial charge in [0.05, 0.1) is 5.69 Å². The molecular formula is C14H22N2O2S. The Morgan fingerprint density at radius 3 is 2.47 bits per heavy atom. The number of nitrogens with zero attached hydrogens (tertiary/aromatic N) is 1. The Labute approximate surface area is 115 Å². The Bertz CT molecular complexity index is 536. The summed E-state index contributed by atoms with van der Waals surface area (Å²) in [4.78, 5) is 0.241. The van der Waals surface area contributed by atoms with E-state index >= 15 is 0 Å². The zero-order valence-electron chi connectivity index (χ0n) is 11.5. The van der Waals surface area contributed by atoms with Crippen LogP contribution in [0, 0.1) is 5.92 Å². The lowest BCUT2D eigenvalue weighted by molar-refractivity contribution is 0.373. The average Bonchev–Trinajstić information content (AvgIpc) is 3.13. The molecular weight excluding hydrogens is 260 g/mol. The molecule has 1 fully saturated rings. The molecule has 1 aromatic carbocycles. The Morgan fingerprint density at radius 2 is 1.95 bits per heavy atom. The van der Waals surface area contributed by atoms with Crippen LogP contribution < -0.4 is 5.73 Å². The lowest BCUT2D eigenvalue weighted by Crippen LogP contribution is -2.35. The predicted molar refractivity (Wildman–Crippen MR) is 77.2 cm³/mol. The van der Waals surface area contributed by atoms with Crippen LogP contribution in [0.4, 0.5) is 5.69 Å². The second-order valence-electron chi connectivity index (χ2n) is 5.57. The van der Waals surface area contributed by atoms with E-state index in [1.165, 1.54) is 0 Å². The zero-order chi connectivity index (χ0) is 14.0. The number of hydrogen-bond acceptors (Lipinski definition) is 3. The highest BCUT2D eigenvalue weighted by Crippen LogP contribution is 2.34. The maximum Gasteiger partial charge on any atom is 0.245 e. The minimum atomic E-state index is -3.46. The molecule has 5 heteroatoms. The van der Waals surface area contributed by atoms with E-state index in [4.69, 9.17) is 5.73 Å². The standard InChI is InChI=1S/C14H22N2O2S/c1-11(2)9-10-16(12-7-8-12)19(17,18)14-6-4-3-5-13(14)15/h3-6,11-12H,7-10,15H2,1-2H3. The molecule has 1 saturated carbocycles. The molecule has 0 aromatic heterocycles. The van der Waals surface area contributed by atoms with Crippen LogP contribution in [-0.4, -0.2) is 25.3 Å². The minimum absolute atomic E-state index is 0.170. The summed E-state index contributed by atoms with van der Waals surface area (Å²) < 4.78 is 27.0. The van der Waals surface area contributed by atoms with Gasteiger partial charge in [0.15, 0.2) is 0 Å². The number of nitrogens with two attached hydrogens (primary N) is 1. The second kappa shape index (κ2) is 5.51. The highest BCUT2D eigenvalue weighted by Gasteiger charge is 2.38. The first kappa shape index (κ1) is 14.3. The van der Waals surface area contributed by atoms with E-state index in [9.17, 15) is 8.42 Å². The summed E-state index contributed by atoms with van der Waals surface area (Å²) in [5.74, 6) is 0.490. The SMILES string of the molecule is CC(C)CCN(C1CC1)S(=O)(=O)c1ccccc1N. The van der Waals surface area contributed by atoms with Crippen molar-refractivity contribution >= 4 is 15.7 Å². The van der Waals surface area contributed by atoms with E-state index < -0.39 is 10.0 Å². The lowest BCUT2D eigenvalue weighted by atomic mass is 10.1. The summed E-state index contributed by atoms with van der Waals surface area (Å²) in [7, 11) is -3.46. The van der Waals surface area contributed by atoms with Crippen molar-refractivity contribution in [2.24, 2.45) is 5.92 Å². The number of sulfonamides is 1. The second-order valence-corrected chi connectivity index (χ2v) is 7.43. The van der Waals surface area contributed by atoms with Gasteiger partial charge >= 0.3 is 0 Å². The van der Waals surface area contributed by atoms with Gasteiger partial charge in [-0.25, -0.2) is 8.42 Å². The molecule has 0 radical (unpaired) electrons. The number of nitrogen functional groups attached to an aromatic ring is 1. The average molecular weight is 282 g/mol. The summed E-state index contributed by atoms with van der Waals surface area (Å²) >= 11 is 0. The number of para-hydroxylation sites is 1. The smallest absolute Gasteiger partial charge is 0.245 e. The van der Waals surface area contributed by atoms with Crippen molar-refractivity contribution < 1.29 is 8.42 Å². The van der Waals surface area contributed by atoms with Crippen LogP contribution in [0.2, 0.25) is 0 Å². The van der Waals surface area contributed by atoms with Crippen LogP contribution in [0.25, 0.3) is 0 Å². The maximum atomic E-state index is 12.7. The van der Waals surface area contributed by atoms with E-state index in [2.05, 4.69) is 13.8 Å². The topological polar surface area (TPSA) is 63.4 Å². The third kappa shape index (κ3) is 3.28. The molecule has 0 unspecified atom stereocenters. The number of rotatable bonds is 6. The Hall–Kier alpha value is -1.07. The monoisotopic (exact) mass is 282 g/mol. The van der Waals surface area contributed by atoms with Crippen molar-refractivity contribution in [1.82, 2.24) is 4.31 Å². The van der Waals surface area contributed by atoms with Gasteiger partial charge in [0.1, 0.15) is 4.90 Å². The van der Waals surface area contributed by atoms with E-state index in [1.807, 2.05) is 0 Å². The van der Waals surface area contributed by atoms with Crippen molar-refractivity contribution in [3.8, 4) is 0 Å². The molecule has 0 saturated heterocycles. The number of benzene rings is 1. The third-order valence-corrected chi connectivity index (χ3v) is 5.41. The maximum absolute atomic E-state index is 12.7. The fourth-order valence-corrected chi connectivity index (χ4v) is 3.91. The van der Waals surface area contributed by atoms with Gasteiger partial charge in [-0.1, -0.05) is 26.0 Å². The Balaban J connectivity index is 2.27. The molecule has 0 atom stereocenters. The first-order valence-electron chi connectivity index (χ1n) is 6.79. The molecule has 0 aliphatic heterocycles. The van der Waals surface area contributed by atoms with Crippen molar-refractivity contribution in [3.05, 3.63) is 24.3 Å². The molecule has 0 heterocycles. The fraction of sp³-hybridized carbons (Fsp3) is 0.571. The van der Waals surface area contributed by atoms with Crippen molar-refractivity contribution in [1.29, 1.82) is 0 Å². The summed E-state index contributed by atoms with van der Waals surface area (Å²) in [6, 6.07) is 6.87. The molecule has 0 amide bonds. The van der Waals surface area contributed by atoms with E-state index in [0.717, 1.165) is 19.3 Å². The van der Waals surface area contributed by atoms with Gasteiger partial charge in [0, 0.05) is 12.6 Å². The molecule has 0 bridgehead atoms. The van der Waals surface area contributed by atoms with Gasteiger partial charge in [0.2, 0.25) is 10.0 Å². The lowest BCUT2D eigenvalue weighted by Gasteiger charge is -2.23. The summed E-state index contributed by atoms with van der Waals surface area (Å²) in [5.41, 5.74) is 6.15. The van der Waals surface area contributed by atoms with Crippen molar-refractivity contribution in [2.75, 3.05) is 12.3 Å². The van der Waals surface area contributed by atoms with E-state index in [-0.39, 0.29) is 10.9 Å². The molecule has 106 valence electrons. The summed E-state index contributed by atoms with van der Waals surface area (Å²) in [5, 5.41) is 0. The molecule has 19 heavy (non-hydrogen) atoms. The highest BCUT2D eigenvalue weighted by molar-refractivity contribution is 7.89. The van der Waals surface area contributed by atoms with Gasteiger partial charge in [0.25, 0.3) is 0 Å². The van der Waals surface area contributed by atoms with Crippen LogP contribution in [0.15, 0.2) is 29.2 Å². The zero-order valence-corrected chi connectivity index (χ0v) is 12.4. The quantitative estimate of drug-likeness (QED) is 0.815. The van der Waals surface area contributed by atoms with Gasteiger partial charge in [-0.15, -0.1) is 0 Å². The number of anilines is 1. The van der Waals surface area contributed by atoms with E-state index in [1.54, 1.807) is 28.6 Å². The molecule has 1 aromatic rings. The van der Waals surface area contributed by atoms with Crippen LogP contribution in [0.5, 0.6) is 0 Å². The fourth-order valence-electron chi connectivity index (χ4n) is 2.09. The van der Waals surface area contributed by atoms with Crippen LogP contribution in [0.3, 0.4) is 0 Å². The first-order chi connectivity index (χ1) is 8.93. The van der Waals surface area contributed by atoms with Gasteiger partial charge in [-0.3, -0.25) is 0 Å². The predicted octanol–water partition coefficient (Wildman–Crippen LogP) is 2.47. The normalized spacial score (nSPS) is 16.2. The molecule has 0 spiro atoms.